The molecular weight excluding hydrogens is 286 g/mol. The molecule has 0 amide bonds. The summed E-state index contributed by atoms with van der Waals surface area (Å²) in [6, 6.07) is -0.0283. The van der Waals surface area contributed by atoms with Gasteiger partial charge < -0.3 is 5.73 Å². The summed E-state index contributed by atoms with van der Waals surface area (Å²) < 4.78 is 28.6. The fourth-order valence-corrected chi connectivity index (χ4v) is 4.27. The molecule has 3 atom stereocenters. The normalized spacial score (nSPS) is 30.7. The van der Waals surface area contributed by atoms with Gasteiger partial charge in [-0.05, 0) is 37.0 Å². The van der Waals surface area contributed by atoms with Crippen LogP contribution in [0.3, 0.4) is 0 Å². The van der Waals surface area contributed by atoms with E-state index in [0.29, 0.717) is 37.4 Å². The van der Waals surface area contributed by atoms with E-state index in [1.807, 2.05) is 0 Å². The summed E-state index contributed by atoms with van der Waals surface area (Å²) in [6.07, 6.45) is 3.38. The van der Waals surface area contributed by atoms with Crippen molar-refractivity contribution in [3.8, 4) is 0 Å². The molecule has 2 rings (SSSR count). The Bertz CT molecular complexity index is 376. The molecule has 0 bridgehead atoms. The van der Waals surface area contributed by atoms with Gasteiger partial charge in [-0.1, -0.05) is 13.8 Å². The number of hydrogen-bond donors (Lipinski definition) is 2. The van der Waals surface area contributed by atoms with Crippen LogP contribution in [0.25, 0.3) is 0 Å². The Hall–Kier alpha value is 0.120. The van der Waals surface area contributed by atoms with E-state index in [1.54, 1.807) is 4.31 Å². The lowest BCUT2D eigenvalue weighted by Gasteiger charge is -2.34. The fourth-order valence-electron chi connectivity index (χ4n) is 2.79. The van der Waals surface area contributed by atoms with Gasteiger partial charge in [0, 0.05) is 25.7 Å². The van der Waals surface area contributed by atoms with Crippen molar-refractivity contribution < 1.29 is 8.42 Å². The zero-order valence-electron chi connectivity index (χ0n) is 11.7. The summed E-state index contributed by atoms with van der Waals surface area (Å²) in [7, 11) is -3.35. The average Bonchev–Trinajstić information content (AvgIpc) is 3.08. The molecule has 0 spiro atoms. The summed E-state index contributed by atoms with van der Waals surface area (Å²) in [4.78, 5) is 0. The first-order chi connectivity index (χ1) is 8.38. The molecule has 3 unspecified atom stereocenters. The largest absolute Gasteiger partial charge is 0.326 e. The molecule has 1 saturated heterocycles. The van der Waals surface area contributed by atoms with Crippen LogP contribution in [0.4, 0.5) is 0 Å². The van der Waals surface area contributed by atoms with Gasteiger partial charge in [0.2, 0.25) is 0 Å². The summed E-state index contributed by atoms with van der Waals surface area (Å²) in [5.74, 6) is 1.39. The number of nitrogens with one attached hydrogen (secondary N) is 1. The summed E-state index contributed by atoms with van der Waals surface area (Å²) in [5.41, 5.74) is 5.92. The lowest BCUT2D eigenvalue weighted by atomic mass is 9.94. The summed E-state index contributed by atoms with van der Waals surface area (Å²) in [6.45, 7) is 5.82. The monoisotopic (exact) mass is 311 g/mol. The maximum atomic E-state index is 12.2. The number of nitrogens with two attached hydrogens (primary N) is 1. The Morgan fingerprint density at radius 3 is 2.26 bits per heavy atom. The van der Waals surface area contributed by atoms with Gasteiger partial charge in [0.25, 0.3) is 10.2 Å². The first-order valence-electron chi connectivity index (χ1n) is 6.89. The number of piperidine rings is 1. The lowest BCUT2D eigenvalue weighted by molar-refractivity contribution is 0.220. The highest BCUT2D eigenvalue weighted by atomic mass is 35.5. The van der Waals surface area contributed by atoms with Crippen LogP contribution in [0, 0.1) is 17.8 Å². The zero-order chi connectivity index (χ0) is 13.3. The second-order valence-corrected chi connectivity index (χ2v) is 7.87. The first-order valence-corrected chi connectivity index (χ1v) is 8.33. The SMILES string of the molecule is CC1CC(C)CN(S(=O)(=O)NCC(N)C2CC2)C1.Cl. The van der Waals surface area contributed by atoms with Crippen LogP contribution in [-0.4, -0.2) is 38.4 Å². The Balaban J connectivity index is 0.00000180. The number of hydrogen-bond acceptors (Lipinski definition) is 3. The van der Waals surface area contributed by atoms with Crippen molar-refractivity contribution >= 4 is 22.6 Å². The van der Waals surface area contributed by atoms with Crippen molar-refractivity contribution in [1.82, 2.24) is 9.03 Å². The molecule has 2 fully saturated rings. The van der Waals surface area contributed by atoms with Crippen LogP contribution in [0.15, 0.2) is 0 Å². The third-order valence-corrected chi connectivity index (χ3v) is 5.41. The second kappa shape index (κ2) is 6.72. The van der Waals surface area contributed by atoms with E-state index >= 15 is 0 Å². The molecule has 3 N–H and O–H groups in total. The van der Waals surface area contributed by atoms with E-state index < -0.39 is 10.2 Å². The van der Waals surface area contributed by atoms with Gasteiger partial charge in [0.1, 0.15) is 0 Å². The smallest absolute Gasteiger partial charge is 0.279 e. The van der Waals surface area contributed by atoms with Gasteiger partial charge in [0.05, 0.1) is 0 Å². The van der Waals surface area contributed by atoms with Crippen LogP contribution < -0.4 is 10.5 Å². The molecule has 0 radical (unpaired) electrons. The predicted molar refractivity (Wildman–Crippen MR) is 79.4 cm³/mol. The highest BCUT2D eigenvalue weighted by molar-refractivity contribution is 7.87. The van der Waals surface area contributed by atoms with Crippen molar-refractivity contribution in [1.29, 1.82) is 0 Å². The van der Waals surface area contributed by atoms with E-state index in [4.69, 9.17) is 5.73 Å². The van der Waals surface area contributed by atoms with Crippen LogP contribution in [0.2, 0.25) is 0 Å². The van der Waals surface area contributed by atoms with Crippen molar-refractivity contribution in [3.05, 3.63) is 0 Å². The van der Waals surface area contributed by atoms with E-state index in [-0.39, 0.29) is 18.4 Å². The molecule has 1 aliphatic heterocycles. The van der Waals surface area contributed by atoms with E-state index in [9.17, 15) is 8.42 Å². The first kappa shape index (κ1) is 17.2. The van der Waals surface area contributed by atoms with Gasteiger partial charge in [-0.3, -0.25) is 0 Å². The zero-order valence-corrected chi connectivity index (χ0v) is 13.3. The molecule has 5 nitrogen and oxygen atoms in total. The van der Waals surface area contributed by atoms with Crippen LogP contribution in [-0.2, 0) is 10.2 Å². The molecule has 1 saturated carbocycles. The van der Waals surface area contributed by atoms with E-state index in [2.05, 4.69) is 18.6 Å². The molecule has 0 aromatic heterocycles. The molecule has 1 aliphatic carbocycles. The standard InChI is InChI=1S/C12H25N3O2S.ClH/c1-9-5-10(2)8-15(7-9)18(16,17)14-6-12(13)11-3-4-11;/h9-12,14H,3-8,13H2,1-2H3;1H. The maximum Gasteiger partial charge on any atom is 0.279 e. The molecule has 0 aromatic rings. The molecule has 114 valence electrons. The van der Waals surface area contributed by atoms with Crippen molar-refractivity contribution in [2.24, 2.45) is 23.5 Å². The third-order valence-electron chi connectivity index (χ3n) is 3.90. The highest BCUT2D eigenvalue weighted by Gasteiger charge is 2.33. The van der Waals surface area contributed by atoms with Crippen molar-refractivity contribution in [2.75, 3.05) is 19.6 Å². The van der Waals surface area contributed by atoms with Gasteiger partial charge in [0.15, 0.2) is 0 Å². The number of halogens is 1. The Labute approximate surface area is 122 Å². The molecule has 1 heterocycles. The van der Waals surface area contributed by atoms with Crippen molar-refractivity contribution in [2.45, 2.75) is 39.2 Å². The summed E-state index contributed by atoms with van der Waals surface area (Å²) in [5, 5.41) is 0. The minimum atomic E-state index is -3.35. The van der Waals surface area contributed by atoms with Crippen LogP contribution in [0.5, 0.6) is 0 Å². The van der Waals surface area contributed by atoms with Crippen molar-refractivity contribution in [3.63, 3.8) is 0 Å². The molecular formula is C12H26ClN3O2S. The molecule has 19 heavy (non-hydrogen) atoms. The van der Waals surface area contributed by atoms with Crippen LogP contribution in [0.1, 0.15) is 33.1 Å². The van der Waals surface area contributed by atoms with E-state index in [1.165, 1.54) is 0 Å². The van der Waals surface area contributed by atoms with E-state index in [0.717, 1.165) is 19.3 Å². The maximum absolute atomic E-state index is 12.2. The highest BCUT2D eigenvalue weighted by Crippen LogP contribution is 2.31. The second-order valence-electron chi connectivity index (χ2n) is 6.12. The number of nitrogens with zero attached hydrogens (tertiary/aromatic N) is 1. The average molecular weight is 312 g/mol. The van der Waals surface area contributed by atoms with Gasteiger partial charge >= 0.3 is 0 Å². The molecule has 7 heteroatoms. The quantitative estimate of drug-likeness (QED) is 0.794. The number of rotatable bonds is 5. The minimum Gasteiger partial charge on any atom is -0.326 e. The Kier molecular flexibility index (Phi) is 6.07. The topological polar surface area (TPSA) is 75.4 Å². The molecule has 2 aliphatic rings. The van der Waals surface area contributed by atoms with Gasteiger partial charge in [-0.2, -0.15) is 12.7 Å². The Morgan fingerprint density at radius 2 is 1.79 bits per heavy atom. The summed E-state index contributed by atoms with van der Waals surface area (Å²) >= 11 is 0. The lowest BCUT2D eigenvalue weighted by Crippen LogP contribution is -2.50. The fraction of sp³-hybridized carbons (Fsp3) is 1.00. The minimum absolute atomic E-state index is 0. The van der Waals surface area contributed by atoms with Gasteiger partial charge in [-0.15, -0.1) is 12.4 Å². The van der Waals surface area contributed by atoms with Crippen LogP contribution >= 0.6 is 12.4 Å². The predicted octanol–water partition coefficient (Wildman–Crippen LogP) is 0.958. The molecule has 0 aromatic carbocycles. The third kappa shape index (κ3) is 4.86. The Morgan fingerprint density at radius 1 is 1.26 bits per heavy atom. The van der Waals surface area contributed by atoms with Gasteiger partial charge in [-0.25, -0.2) is 4.72 Å².